The number of thiazole rings is 1. The van der Waals surface area contributed by atoms with Crippen LogP contribution in [0.2, 0.25) is 0 Å². The molecular weight excluding hydrogens is 206 g/mol. The van der Waals surface area contributed by atoms with Crippen LogP contribution in [-0.4, -0.2) is 9.97 Å². The molecule has 0 aromatic carbocycles. The number of nitrogens with two attached hydrogens (primary N) is 1. The van der Waals surface area contributed by atoms with Crippen LogP contribution in [0.5, 0.6) is 0 Å². The van der Waals surface area contributed by atoms with Gasteiger partial charge in [0.2, 0.25) is 0 Å². The van der Waals surface area contributed by atoms with E-state index in [0.717, 1.165) is 10.6 Å². The molecule has 3 nitrogen and oxygen atoms in total. The molecule has 0 aliphatic heterocycles. The fraction of sp³-hybridized carbons (Fsp3) is 0.273. The quantitative estimate of drug-likeness (QED) is 0.841. The third-order valence-corrected chi connectivity index (χ3v) is 3.48. The number of pyridine rings is 1. The lowest BCUT2D eigenvalue weighted by Crippen LogP contribution is -1.92. The fourth-order valence-electron chi connectivity index (χ4n) is 1.57. The highest BCUT2D eigenvalue weighted by Crippen LogP contribution is 2.41. The van der Waals surface area contributed by atoms with Crippen LogP contribution in [0.1, 0.15) is 24.5 Å². The van der Waals surface area contributed by atoms with Crippen molar-refractivity contribution in [2.75, 3.05) is 5.73 Å². The monoisotopic (exact) mass is 217 g/mol. The van der Waals surface area contributed by atoms with Crippen LogP contribution in [-0.2, 0) is 0 Å². The molecule has 1 fully saturated rings. The molecule has 0 saturated heterocycles. The first kappa shape index (κ1) is 8.85. The van der Waals surface area contributed by atoms with Crippen LogP contribution < -0.4 is 5.73 Å². The topological polar surface area (TPSA) is 51.8 Å². The van der Waals surface area contributed by atoms with E-state index in [0.29, 0.717) is 11.7 Å². The van der Waals surface area contributed by atoms with Crippen LogP contribution in [0.25, 0.3) is 10.6 Å². The second kappa shape index (κ2) is 3.31. The number of nitrogens with zero attached hydrogens (tertiary/aromatic N) is 2. The third kappa shape index (κ3) is 1.61. The van der Waals surface area contributed by atoms with Crippen LogP contribution in [0.4, 0.5) is 5.82 Å². The Morgan fingerprint density at radius 2 is 2.27 bits per heavy atom. The van der Waals surface area contributed by atoms with Gasteiger partial charge in [-0.05, 0) is 25.0 Å². The highest BCUT2D eigenvalue weighted by Gasteiger charge is 2.26. The first-order valence-electron chi connectivity index (χ1n) is 5.01. The summed E-state index contributed by atoms with van der Waals surface area (Å²) >= 11 is 1.65. The van der Waals surface area contributed by atoms with E-state index < -0.39 is 0 Å². The molecular formula is C11H11N3S. The number of anilines is 1. The predicted molar refractivity (Wildman–Crippen MR) is 61.7 cm³/mol. The Balaban J connectivity index is 2.01. The lowest BCUT2D eigenvalue weighted by atomic mass is 10.2. The van der Waals surface area contributed by atoms with Crippen molar-refractivity contribution in [3.8, 4) is 10.6 Å². The number of nitrogen functional groups attached to an aromatic ring is 1. The maximum absolute atomic E-state index is 5.81. The van der Waals surface area contributed by atoms with Crippen molar-refractivity contribution < 1.29 is 0 Å². The lowest BCUT2D eigenvalue weighted by Gasteiger charge is -1.98. The Labute approximate surface area is 92.0 Å². The first-order valence-corrected chi connectivity index (χ1v) is 5.89. The van der Waals surface area contributed by atoms with Crippen molar-refractivity contribution in [1.29, 1.82) is 0 Å². The molecule has 0 amide bonds. The molecule has 1 aliphatic carbocycles. The highest BCUT2D eigenvalue weighted by atomic mass is 32.1. The summed E-state index contributed by atoms with van der Waals surface area (Å²) in [6.45, 7) is 0. The Bertz CT molecular complexity index is 488. The zero-order valence-corrected chi connectivity index (χ0v) is 9.00. The van der Waals surface area contributed by atoms with Crippen LogP contribution in [0.3, 0.4) is 0 Å². The molecule has 2 aromatic rings. The first-order chi connectivity index (χ1) is 7.34. The van der Waals surface area contributed by atoms with Crippen molar-refractivity contribution in [3.05, 3.63) is 29.4 Å². The van der Waals surface area contributed by atoms with Gasteiger partial charge in [0.25, 0.3) is 0 Å². The minimum atomic E-state index is 0.564. The Hall–Kier alpha value is -1.42. The Kier molecular flexibility index (Phi) is 1.95. The molecule has 0 radical (unpaired) electrons. The Morgan fingerprint density at radius 3 is 3.00 bits per heavy atom. The van der Waals surface area contributed by atoms with Crippen molar-refractivity contribution in [1.82, 2.24) is 9.97 Å². The second-order valence-electron chi connectivity index (χ2n) is 3.79. The van der Waals surface area contributed by atoms with E-state index in [4.69, 9.17) is 5.73 Å². The predicted octanol–water partition coefficient (Wildman–Crippen LogP) is 2.66. The summed E-state index contributed by atoms with van der Waals surface area (Å²) in [6, 6.07) is 3.86. The van der Waals surface area contributed by atoms with Crippen molar-refractivity contribution in [3.63, 3.8) is 0 Å². The number of aromatic nitrogens is 2. The molecule has 2 N–H and O–H groups in total. The van der Waals surface area contributed by atoms with Crippen LogP contribution in [0, 0.1) is 0 Å². The standard InChI is InChI=1S/C11H11N3S/c12-10-8(2-1-5-13-10)11-14-9(6-15-11)7-3-4-7/h1-2,5-7H,3-4H2,(H2,12,13). The van der Waals surface area contributed by atoms with Gasteiger partial charge in [0.05, 0.1) is 11.3 Å². The number of hydrogen-bond acceptors (Lipinski definition) is 4. The molecule has 0 spiro atoms. The van der Waals surface area contributed by atoms with Gasteiger partial charge in [0.15, 0.2) is 0 Å². The van der Waals surface area contributed by atoms with E-state index in [1.54, 1.807) is 17.5 Å². The highest BCUT2D eigenvalue weighted by molar-refractivity contribution is 7.13. The van der Waals surface area contributed by atoms with Crippen molar-refractivity contribution >= 4 is 17.2 Å². The van der Waals surface area contributed by atoms with E-state index in [1.165, 1.54) is 18.5 Å². The summed E-state index contributed by atoms with van der Waals surface area (Å²) in [5.41, 5.74) is 7.98. The van der Waals surface area contributed by atoms with Gasteiger partial charge in [0, 0.05) is 17.5 Å². The number of hydrogen-bond donors (Lipinski definition) is 1. The normalized spacial score (nSPS) is 15.5. The van der Waals surface area contributed by atoms with E-state index in [2.05, 4.69) is 15.3 Å². The Morgan fingerprint density at radius 1 is 1.40 bits per heavy atom. The SMILES string of the molecule is Nc1ncccc1-c1nc(C2CC2)cs1. The molecule has 2 heterocycles. The van der Waals surface area contributed by atoms with E-state index in [1.807, 2.05) is 12.1 Å². The minimum absolute atomic E-state index is 0.564. The van der Waals surface area contributed by atoms with Gasteiger partial charge < -0.3 is 5.73 Å². The van der Waals surface area contributed by atoms with Gasteiger partial charge in [-0.15, -0.1) is 11.3 Å². The van der Waals surface area contributed by atoms with Gasteiger partial charge in [-0.1, -0.05) is 0 Å². The molecule has 1 aliphatic rings. The van der Waals surface area contributed by atoms with Gasteiger partial charge in [-0.3, -0.25) is 0 Å². The average molecular weight is 217 g/mol. The fourth-order valence-corrected chi connectivity index (χ4v) is 2.51. The zero-order chi connectivity index (χ0) is 10.3. The summed E-state index contributed by atoms with van der Waals surface area (Å²) in [7, 11) is 0. The molecule has 3 rings (SSSR count). The van der Waals surface area contributed by atoms with Gasteiger partial charge >= 0.3 is 0 Å². The molecule has 76 valence electrons. The number of rotatable bonds is 2. The molecule has 4 heteroatoms. The average Bonchev–Trinajstić information content (AvgIpc) is 2.99. The smallest absolute Gasteiger partial charge is 0.133 e. The molecule has 15 heavy (non-hydrogen) atoms. The molecule has 0 bridgehead atoms. The molecule has 0 unspecified atom stereocenters. The largest absolute Gasteiger partial charge is 0.383 e. The minimum Gasteiger partial charge on any atom is -0.383 e. The summed E-state index contributed by atoms with van der Waals surface area (Å²) in [5.74, 6) is 1.27. The molecule has 1 saturated carbocycles. The third-order valence-electron chi connectivity index (χ3n) is 2.59. The summed E-state index contributed by atoms with van der Waals surface area (Å²) < 4.78 is 0. The summed E-state index contributed by atoms with van der Waals surface area (Å²) in [6.07, 6.45) is 4.27. The van der Waals surface area contributed by atoms with Crippen molar-refractivity contribution in [2.24, 2.45) is 0 Å². The van der Waals surface area contributed by atoms with E-state index in [9.17, 15) is 0 Å². The van der Waals surface area contributed by atoms with Crippen molar-refractivity contribution in [2.45, 2.75) is 18.8 Å². The summed E-state index contributed by atoms with van der Waals surface area (Å²) in [4.78, 5) is 8.67. The molecule has 2 aromatic heterocycles. The van der Waals surface area contributed by atoms with E-state index >= 15 is 0 Å². The van der Waals surface area contributed by atoms with E-state index in [-0.39, 0.29) is 0 Å². The van der Waals surface area contributed by atoms with Gasteiger partial charge in [-0.2, -0.15) is 0 Å². The second-order valence-corrected chi connectivity index (χ2v) is 4.65. The van der Waals surface area contributed by atoms with Gasteiger partial charge in [-0.25, -0.2) is 9.97 Å². The van der Waals surface area contributed by atoms with Crippen LogP contribution >= 0.6 is 11.3 Å². The van der Waals surface area contributed by atoms with Gasteiger partial charge in [0.1, 0.15) is 10.8 Å². The molecule has 0 atom stereocenters. The maximum Gasteiger partial charge on any atom is 0.133 e. The maximum atomic E-state index is 5.81. The van der Waals surface area contributed by atoms with Crippen LogP contribution in [0.15, 0.2) is 23.7 Å². The zero-order valence-electron chi connectivity index (χ0n) is 8.18. The summed E-state index contributed by atoms with van der Waals surface area (Å²) in [5, 5.41) is 3.13. The lowest BCUT2D eigenvalue weighted by molar-refractivity contribution is 1.05.